The summed E-state index contributed by atoms with van der Waals surface area (Å²) < 4.78 is 0. The van der Waals surface area contributed by atoms with Gasteiger partial charge in [-0.2, -0.15) is 0 Å². The minimum atomic E-state index is -0.366. The fourth-order valence-electron chi connectivity index (χ4n) is 2.39. The van der Waals surface area contributed by atoms with Crippen LogP contribution >= 0.6 is 0 Å². The fourth-order valence-corrected chi connectivity index (χ4v) is 2.39. The molecule has 1 heterocycles. The first-order valence-corrected chi connectivity index (χ1v) is 6.95. The maximum Gasteiger partial charge on any atom is 0.292 e. The molecule has 108 valence electrons. The second kappa shape index (κ2) is 6.36. The van der Waals surface area contributed by atoms with E-state index >= 15 is 0 Å². The van der Waals surface area contributed by atoms with Crippen LogP contribution in [0.1, 0.15) is 32.6 Å². The standard InChI is InChI=1S/C14H19N3O3/c1-2-14(18)15-11-6-7-12(17(19)20)13(10-11)16-8-4-3-5-9-16/h6-7,10H,2-5,8-9H2,1H3,(H,15,18). The van der Waals surface area contributed by atoms with Crippen LogP contribution in [0.4, 0.5) is 17.1 Å². The summed E-state index contributed by atoms with van der Waals surface area (Å²) in [6.07, 6.45) is 3.64. The number of nitrogens with one attached hydrogen (secondary N) is 1. The number of nitro groups is 1. The van der Waals surface area contributed by atoms with Crippen LogP contribution in [0.3, 0.4) is 0 Å². The zero-order valence-corrected chi connectivity index (χ0v) is 11.6. The number of nitro benzene ring substituents is 1. The molecule has 0 bridgehead atoms. The van der Waals surface area contributed by atoms with E-state index in [0.29, 0.717) is 17.8 Å². The third kappa shape index (κ3) is 3.26. The summed E-state index contributed by atoms with van der Waals surface area (Å²) in [7, 11) is 0. The van der Waals surface area contributed by atoms with Gasteiger partial charge in [-0.25, -0.2) is 0 Å². The third-order valence-electron chi connectivity index (χ3n) is 3.47. The van der Waals surface area contributed by atoms with Gasteiger partial charge >= 0.3 is 0 Å². The van der Waals surface area contributed by atoms with Crippen molar-refractivity contribution in [2.24, 2.45) is 0 Å². The van der Waals surface area contributed by atoms with Crippen molar-refractivity contribution in [3.63, 3.8) is 0 Å². The van der Waals surface area contributed by atoms with Gasteiger partial charge in [-0.1, -0.05) is 6.92 Å². The minimum Gasteiger partial charge on any atom is -0.366 e. The van der Waals surface area contributed by atoms with E-state index in [0.717, 1.165) is 32.4 Å². The first kappa shape index (κ1) is 14.3. The van der Waals surface area contributed by atoms with Crippen LogP contribution in [0.5, 0.6) is 0 Å². The molecule has 1 aromatic rings. The van der Waals surface area contributed by atoms with Crippen molar-refractivity contribution < 1.29 is 9.72 Å². The van der Waals surface area contributed by atoms with Gasteiger partial charge in [0.1, 0.15) is 5.69 Å². The molecule has 1 aromatic carbocycles. The summed E-state index contributed by atoms with van der Waals surface area (Å²) >= 11 is 0. The Morgan fingerprint density at radius 2 is 2.05 bits per heavy atom. The van der Waals surface area contributed by atoms with Gasteiger partial charge in [0, 0.05) is 31.3 Å². The topological polar surface area (TPSA) is 75.5 Å². The SMILES string of the molecule is CCC(=O)Nc1ccc([N+](=O)[O-])c(N2CCCCC2)c1. The van der Waals surface area contributed by atoms with Crippen LogP contribution in [-0.4, -0.2) is 23.9 Å². The monoisotopic (exact) mass is 277 g/mol. The minimum absolute atomic E-state index is 0.0940. The van der Waals surface area contributed by atoms with Gasteiger partial charge in [0.2, 0.25) is 5.91 Å². The smallest absolute Gasteiger partial charge is 0.292 e. The number of anilines is 2. The Hall–Kier alpha value is -2.11. The van der Waals surface area contributed by atoms with Gasteiger partial charge in [0.05, 0.1) is 4.92 Å². The molecule has 1 aliphatic heterocycles. The number of hydrogen-bond acceptors (Lipinski definition) is 4. The molecular weight excluding hydrogens is 258 g/mol. The van der Waals surface area contributed by atoms with E-state index in [1.165, 1.54) is 6.07 Å². The van der Waals surface area contributed by atoms with Gasteiger partial charge in [-0.05, 0) is 31.4 Å². The predicted molar refractivity (Wildman–Crippen MR) is 78.1 cm³/mol. The Balaban J connectivity index is 2.31. The number of nitrogens with zero attached hydrogens (tertiary/aromatic N) is 2. The molecule has 6 nitrogen and oxygen atoms in total. The van der Waals surface area contributed by atoms with Gasteiger partial charge in [0.25, 0.3) is 5.69 Å². The maximum absolute atomic E-state index is 11.4. The number of piperidine rings is 1. The van der Waals surface area contributed by atoms with Gasteiger partial charge in [-0.3, -0.25) is 14.9 Å². The summed E-state index contributed by atoms with van der Waals surface area (Å²) in [4.78, 5) is 24.2. The van der Waals surface area contributed by atoms with E-state index in [-0.39, 0.29) is 16.5 Å². The first-order valence-electron chi connectivity index (χ1n) is 6.95. The van der Waals surface area contributed by atoms with E-state index in [9.17, 15) is 14.9 Å². The number of hydrogen-bond donors (Lipinski definition) is 1. The second-order valence-electron chi connectivity index (χ2n) is 4.91. The molecule has 2 rings (SSSR count). The zero-order chi connectivity index (χ0) is 14.5. The normalized spacial score (nSPS) is 14.9. The molecule has 1 N–H and O–H groups in total. The highest BCUT2D eigenvalue weighted by Crippen LogP contribution is 2.33. The average molecular weight is 277 g/mol. The second-order valence-corrected chi connectivity index (χ2v) is 4.91. The fraction of sp³-hybridized carbons (Fsp3) is 0.500. The van der Waals surface area contributed by atoms with Crippen molar-refractivity contribution in [1.82, 2.24) is 0 Å². The lowest BCUT2D eigenvalue weighted by Gasteiger charge is -2.28. The van der Waals surface area contributed by atoms with Crippen molar-refractivity contribution in [2.45, 2.75) is 32.6 Å². The van der Waals surface area contributed by atoms with E-state index < -0.39 is 0 Å². The van der Waals surface area contributed by atoms with Crippen LogP contribution in [0.25, 0.3) is 0 Å². The summed E-state index contributed by atoms with van der Waals surface area (Å²) in [5.41, 5.74) is 1.31. The Bertz CT molecular complexity index is 510. The molecule has 6 heteroatoms. The van der Waals surface area contributed by atoms with E-state index in [1.54, 1.807) is 19.1 Å². The summed E-state index contributed by atoms with van der Waals surface area (Å²) in [6.45, 7) is 3.42. The molecule has 1 amide bonds. The number of carbonyl (C=O) groups is 1. The van der Waals surface area contributed by atoms with Crippen LogP contribution in [0.2, 0.25) is 0 Å². The molecule has 1 fully saturated rings. The van der Waals surface area contributed by atoms with Crippen LogP contribution in [0.15, 0.2) is 18.2 Å². The van der Waals surface area contributed by atoms with Crippen molar-refractivity contribution in [2.75, 3.05) is 23.3 Å². The van der Waals surface area contributed by atoms with E-state index in [4.69, 9.17) is 0 Å². The van der Waals surface area contributed by atoms with Crippen molar-refractivity contribution in [3.05, 3.63) is 28.3 Å². The molecular formula is C14H19N3O3. The summed E-state index contributed by atoms with van der Waals surface area (Å²) in [5, 5.41) is 13.9. The van der Waals surface area contributed by atoms with Crippen LogP contribution < -0.4 is 10.2 Å². The maximum atomic E-state index is 11.4. The van der Waals surface area contributed by atoms with Crippen molar-refractivity contribution >= 4 is 23.0 Å². The van der Waals surface area contributed by atoms with Crippen LogP contribution in [0, 0.1) is 10.1 Å². The van der Waals surface area contributed by atoms with Gasteiger partial charge < -0.3 is 10.2 Å². The number of rotatable bonds is 4. The number of amides is 1. The van der Waals surface area contributed by atoms with Crippen LogP contribution in [-0.2, 0) is 4.79 Å². The van der Waals surface area contributed by atoms with Gasteiger partial charge in [0.15, 0.2) is 0 Å². The van der Waals surface area contributed by atoms with E-state index in [1.807, 2.05) is 4.90 Å². The highest BCUT2D eigenvalue weighted by Gasteiger charge is 2.21. The molecule has 0 aromatic heterocycles. The lowest BCUT2D eigenvalue weighted by molar-refractivity contribution is -0.384. The lowest BCUT2D eigenvalue weighted by atomic mass is 10.1. The van der Waals surface area contributed by atoms with Crippen molar-refractivity contribution in [3.8, 4) is 0 Å². The molecule has 1 saturated heterocycles. The predicted octanol–water partition coefficient (Wildman–Crippen LogP) is 2.93. The molecule has 0 aliphatic carbocycles. The van der Waals surface area contributed by atoms with E-state index in [2.05, 4.69) is 5.32 Å². The Morgan fingerprint density at radius 1 is 1.35 bits per heavy atom. The third-order valence-corrected chi connectivity index (χ3v) is 3.47. The number of carbonyl (C=O) groups excluding carboxylic acids is 1. The van der Waals surface area contributed by atoms with Crippen molar-refractivity contribution in [1.29, 1.82) is 0 Å². The molecule has 0 spiro atoms. The lowest BCUT2D eigenvalue weighted by Crippen LogP contribution is -2.30. The average Bonchev–Trinajstić information content (AvgIpc) is 2.47. The highest BCUT2D eigenvalue weighted by molar-refractivity contribution is 5.91. The highest BCUT2D eigenvalue weighted by atomic mass is 16.6. The summed E-state index contributed by atoms with van der Waals surface area (Å²) in [6, 6.07) is 4.76. The Labute approximate surface area is 117 Å². The number of benzene rings is 1. The first-order chi connectivity index (χ1) is 9.61. The quantitative estimate of drug-likeness (QED) is 0.678. The molecule has 0 radical (unpaired) electrons. The molecule has 0 saturated carbocycles. The zero-order valence-electron chi connectivity index (χ0n) is 11.6. The molecule has 0 unspecified atom stereocenters. The molecule has 0 atom stereocenters. The van der Waals surface area contributed by atoms with Gasteiger partial charge in [-0.15, -0.1) is 0 Å². The Kier molecular flexibility index (Phi) is 4.55. The molecule has 20 heavy (non-hydrogen) atoms. The summed E-state index contributed by atoms with van der Waals surface area (Å²) in [5.74, 6) is -0.0940. The molecule has 1 aliphatic rings. The Morgan fingerprint density at radius 3 is 2.65 bits per heavy atom. The largest absolute Gasteiger partial charge is 0.366 e.